The van der Waals surface area contributed by atoms with Crippen LogP contribution in [0.15, 0.2) is 36.4 Å². The molecule has 0 radical (unpaired) electrons. The first-order valence-corrected chi connectivity index (χ1v) is 5.03. The molecule has 2 rings (SSSR count). The average Bonchev–Trinajstić information content (AvgIpc) is 2.43. The van der Waals surface area contributed by atoms with Crippen LogP contribution in [0.4, 0.5) is 0 Å². The van der Waals surface area contributed by atoms with Gasteiger partial charge in [0.25, 0.3) is 0 Å². The molecule has 1 aliphatic heterocycles. The number of nitrogens with one attached hydrogen (secondary N) is 1. The molecule has 1 heterocycles. The van der Waals surface area contributed by atoms with Gasteiger partial charge in [-0.1, -0.05) is 30.3 Å². The fraction of sp³-hybridized carbons (Fsp3) is 0.250. The van der Waals surface area contributed by atoms with Crippen LogP contribution in [0.1, 0.15) is 5.56 Å². The largest absolute Gasteiger partial charge is 0.383 e. The number of amides is 1. The summed E-state index contributed by atoms with van der Waals surface area (Å²) in [5.41, 5.74) is 1.96. The highest BCUT2D eigenvalue weighted by Crippen LogP contribution is 2.12. The van der Waals surface area contributed by atoms with Crippen LogP contribution >= 0.6 is 0 Å². The van der Waals surface area contributed by atoms with Crippen molar-refractivity contribution in [1.29, 1.82) is 0 Å². The van der Waals surface area contributed by atoms with E-state index in [1.165, 1.54) is 0 Å². The van der Waals surface area contributed by atoms with Crippen molar-refractivity contribution < 1.29 is 4.79 Å². The Balaban J connectivity index is 2.29. The summed E-state index contributed by atoms with van der Waals surface area (Å²) in [6.45, 7) is 1.54. The van der Waals surface area contributed by atoms with Crippen LogP contribution in [0.5, 0.6) is 0 Å². The lowest BCUT2D eigenvalue weighted by molar-refractivity contribution is -0.124. The molecule has 1 amide bonds. The van der Waals surface area contributed by atoms with E-state index in [0.717, 1.165) is 24.4 Å². The van der Waals surface area contributed by atoms with Crippen molar-refractivity contribution in [2.24, 2.45) is 0 Å². The molecule has 1 aromatic rings. The number of hydrogen-bond donors (Lipinski definition) is 1. The minimum atomic E-state index is 0.0545. The molecule has 78 valence electrons. The van der Waals surface area contributed by atoms with Gasteiger partial charge in [-0.25, -0.2) is 0 Å². The minimum absolute atomic E-state index is 0.0545. The Hall–Kier alpha value is -1.77. The number of carbonyl (C=O) groups is 1. The quantitative estimate of drug-likeness (QED) is 0.739. The summed E-state index contributed by atoms with van der Waals surface area (Å²) in [4.78, 5) is 13.3. The second-order valence-corrected chi connectivity index (χ2v) is 3.61. The number of carbonyl (C=O) groups excluding carboxylic acids is 1. The van der Waals surface area contributed by atoms with Crippen molar-refractivity contribution in [3.05, 3.63) is 42.0 Å². The maximum Gasteiger partial charge on any atom is 0.248 e. The van der Waals surface area contributed by atoms with Crippen molar-refractivity contribution in [3.8, 4) is 0 Å². The van der Waals surface area contributed by atoms with Gasteiger partial charge in [0, 0.05) is 31.9 Å². The molecule has 0 bridgehead atoms. The Morgan fingerprint density at radius 3 is 2.73 bits per heavy atom. The first-order chi connectivity index (χ1) is 7.27. The molecule has 1 aromatic carbocycles. The average molecular weight is 202 g/mol. The Kier molecular flexibility index (Phi) is 2.72. The van der Waals surface area contributed by atoms with E-state index < -0.39 is 0 Å². The number of benzene rings is 1. The van der Waals surface area contributed by atoms with Gasteiger partial charge in [0.05, 0.1) is 0 Å². The van der Waals surface area contributed by atoms with Gasteiger partial charge < -0.3 is 10.2 Å². The van der Waals surface area contributed by atoms with Crippen LogP contribution < -0.4 is 5.32 Å². The molecule has 15 heavy (non-hydrogen) atoms. The fourth-order valence-corrected chi connectivity index (χ4v) is 1.56. The van der Waals surface area contributed by atoms with Crippen molar-refractivity contribution in [2.45, 2.75) is 0 Å². The first-order valence-electron chi connectivity index (χ1n) is 5.03. The summed E-state index contributed by atoms with van der Waals surface area (Å²) in [5.74, 6) is 0.0545. The summed E-state index contributed by atoms with van der Waals surface area (Å²) in [6.07, 6.45) is 1.66. The van der Waals surface area contributed by atoms with Gasteiger partial charge in [0.2, 0.25) is 5.91 Å². The zero-order valence-electron chi connectivity index (χ0n) is 8.73. The second-order valence-electron chi connectivity index (χ2n) is 3.61. The third kappa shape index (κ3) is 2.18. The third-order valence-electron chi connectivity index (χ3n) is 2.49. The summed E-state index contributed by atoms with van der Waals surface area (Å²) in [5, 5.41) is 3.26. The van der Waals surface area contributed by atoms with Crippen LogP contribution in [0.3, 0.4) is 0 Å². The lowest BCUT2D eigenvalue weighted by Crippen LogP contribution is -2.28. The summed E-state index contributed by atoms with van der Waals surface area (Å²) >= 11 is 0. The van der Waals surface area contributed by atoms with Crippen LogP contribution in [-0.4, -0.2) is 30.9 Å². The molecule has 0 aliphatic carbocycles. The molecular formula is C12H14N2O. The molecular weight excluding hydrogens is 188 g/mol. The van der Waals surface area contributed by atoms with E-state index in [1.807, 2.05) is 37.4 Å². The normalized spacial score (nSPS) is 16.7. The zero-order chi connectivity index (χ0) is 10.7. The van der Waals surface area contributed by atoms with Crippen molar-refractivity contribution in [3.63, 3.8) is 0 Å². The molecule has 1 N–H and O–H groups in total. The third-order valence-corrected chi connectivity index (χ3v) is 2.49. The highest BCUT2D eigenvalue weighted by atomic mass is 16.2. The van der Waals surface area contributed by atoms with Crippen LogP contribution in [-0.2, 0) is 4.79 Å². The van der Waals surface area contributed by atoms with E-state index in [1.54, 1.807) is 11.0 Å². The minimum Gasteiger partial charge on any atom is -0.383 e. The molecule has 0 aromatic heterocycles. The summed E-state index contributed by atoms with van der Waals surface area (Å²) in [6, 6.07) is 9.90. The van der Waals surface area contributed by atoms with E-state index >= 15 is 0 Å². The molecule has 0 spiro atoms. The SMILES string of the molecule is CN1CCNC(c2ccccc2)=CC1=O. The second kappa shape index (κ2) is 4.17. The highest BCUT2D eigenvalue weighted by Gasteiger charge is 2.12. The lowest BCUT2D eigenvalue weighted by Gasteiger charge is -2.11. The number of rotatable bonds is 1. The Bertz CT molecular complexity index is 384. The molecule has 0 unspecified atom stereocenters. The van der Waals surface area contributed by atoms with Crippen LogP contribution in [0, 0.1) is 0 Å². The highest BCUT2D eigenvalue weighted by molar-refractivity contribution is 5.95. The summed E-state index contributed by atoms with van der Waals surface area (Å²) in [7, 11) is 1.81. The van der Waals surface area contributed by atoms with E-state index in [4.69, 9.17) is 0 Å². The van der Waals surface area contributed by atoms with Crippen LogP contribution in [0.2, 0.25) is 0 Å². The number of hydrogen-bond acceptors (Lipinski definition) is 2. The van der Waals surface area contributed by atoms with Crippen molar-refractivity contribution in [1.82, 2.24) is 10.2 Å². The standard InChI is InChI=1S/C12H14N2O/c1-14-8-7-13-11(9-12(14)15)10-5-3-2-4-6-10/h2-6,9,13H,7-8H2,1H3. The zero-order valence-corrected chi connectivity index (χ0v) is 8.73. The lowest BCUT2D eigenvalue weighted by atomic mass is 10.1. The maximum absolute atomic E-state index is 11.6. The van der Waals surface area contributed by atoms with Gasteiger partial charge >= 0.3 is 0 Å². The maximum atomic E-state index is 11.6. The molecule has 0 saturated heterocycles. The van der Waals surface area contributed by atoms with Gasteiger partial charge in [-0.2, -0.15) is 0 Å². The predicted molar refractivity (Wildman–Crippen MR) is 60.1 cm³/mol. The molecule has 0 fully saturated rings. The summed E-state index contributed by atoms with van der Waals surface area (Å²) < 4.78 is 0. The van der Waals surface area contributed by atoms with Gasteiger partial charge in [-0.3, -0.25) is 4.79 Å². The number of likely N-dealkylation sites (N-methyl/N-ethyl adjacent to an activating group) is 1. The van der Waals surface area contributed by atoms with Crippen LogP contribution in [0.25, 0.3) is 5.70 Å². The van der Waals surface area contributed by atoms with Gasteiger partial charge in [-0.15, -0.1) is 0 Å². The van der Waals surface area contributed by atoms with E-state index in [0.29, 0.717) is 0 Å². The first kappa shape index (κ1) is 9.77. The topological polar surface area (TPSA) is 32.3 Å². The molecule has 0 saturated carbocycles. The van der Waals surface area contributed by atoms with Gasteiger partial charge in [0.15, 0.2) is 0 Å². The molecule has 0 atom stereocenters. The van der Waals surface area contributed by atoms with Gasteiger partial charge in [0.1, 0.15) is 0 Å². The smallest absolute Gasteiger partial charge is 0.248 e. The Morgan fingerprint density at radius 2 is 2.00 bits per heavy atom. The molecule has 3 heteroatoms. The van der Waals surface area contributed by atoms with Crippen molar-refractivity contribution in [2.75, 3.05) is 20.1 Å². The molecule has 3 nitrogen and oxygen atoms in total. The van der Waals surface area contributed by atoms with Gasteiger partial charge in [-0.05, 0) is 5.56 Å². The Labute approximate surface area is 89.4 Å². The monoisotopic (exact) mass is 202 g/mol. The van der Waals surface area contributed by atoms with Crippen molar-refractivity contribution >= 4 is 11.6 Å². The Morgan fingerprint density at radius 1 is 1.27 bits per heavy atom. The molecule has 1 aliphatic rings. The van der Waals surface area contributed by atoms with E-state index in [9.17, 15) is 4.79 Å². The van der Waals surface area contributed by atoms with E-state index in [2.05, 4.69) is 5.32 Å². The number of nitrogens with zero attached hydrogens (tertiary/aromatic N) is 1. The van der Waals surface area contributed by atoms with E-state index in [-0.39, 0.29) is 5.91 Å². The predicted octanol–water partition coefficient (Wildman–Crippen LogP) is 1.09. The fourth-order valence-electron chi connectivity index (χ4n) is 1.56.